The fourth-order valence-corrected chi connectivity index (χ4v) is 5.19. The zero-order valence-electron chi connectivity index (χ0n) is 16.2. The van der Waals surface area contributed by atoms with Crippen LogP contribution in [-0.2, 0) is 10.0 Å². The molecule has 3 N–H and O–H groups in total. The van der Waals surface area contributed by atoms with Gasteiger partial charge in [0.1, 0.15) is 0 Å². The maximum atomic E-state index is 12.7. The van der Waals surface area contributed by atoms with Crippen molar-refractivity contribution in [2.75, 3.05) is 4.72 Å². The summed E-state index contributed by atoms with van der Waals surface area (Å²) in [6.07, 6.45) is 4.18. The number of anilines is 1. The molecule has 2 saturated heterocycles. The molecular weight excluding hydrogens is 410 g/mol. The minimum absolute atomic E-state index is 0. The molecule has 2 aliphatic rings. The molecule has 2 fully saturated rings. The number of aryl methyl sites for hydroxylation is 1. The van der Waals surface area contributed by atoms with Gasteiger partial charge >= 0.3 is 0 Å². The monoisotopic (exact) mass is 435 g/mol. The first-order chi connectivity index (χ1) is 13.4. The number of sulfonamides is 1. The second-order valence-corrected chi connectivity index (χ2v) is 9.46. The van der Waals surface area contributed by atoms with Crippen LogP contribution in [0.15, 0.2) is 53.4 Å². The average molecular weight is 436 g/mol. The standard InChI is InChI=1S/C21H25N3O3S.ClH/c1-14-5-7-16(8-6-14)24-28(26,27)20-4-2-3-15(11-20)21(25)23-19-12-17-9-10-18(13-19)22-17;/h2-8,11,17-19,22,24H,9-10,12-13H2,1H3,(H,23,25);1H. The number of fused-ring (bicyclic) bond motifs is 2. The lowest BCUT2D eigenvalue weighted by molar-refractivity contribution is 0.0923. The van der Waals surface area contributed by atoms with Gasteiger partial charge in [0, 0.05) is 29.4 Å². The lowest BCUT2D eigenvalue weighted by Crippen LogP contribution is -2.48. The number of carbonyl (C=O) groups excluding carboxylic acids is 1. The van der Waals surface area contributed by atoms with Crippen molar-refractivity contribution in [1.82, 2.24) is 10.6 Å². The van der Waals surface area contributed by atoms with Gasteiger partial charge < -0.3 is 10.6 Å². The number of benzene rings is 2. The van der Waals surface area contributed by atoms with Crippen molar-refractivity contribution in [3.8, 4) is 0 Å². The summed E-state index contributed by atoms with van der Waals surface area (Å²) in [7, 11) is -3.76. The Morgan fingerprint density at radius 3 is 2.34 bits per heavy atom. The van der Waals surface area contributed by atoms with E-state index in [1.54, 1.807) is 24.3 Å². The first-order valence-electron chi connectivity index (χ1n) is 9.65. The molecule has 6 nitrogen and oxygen atoms in total. The molecule has 156 valence electrons. The van der Waals surface area contributed by atoms with E-state index in [-0.39, 0.29) is 29.3 Å². The second-order valence-electron chi connectivity index (χ2n) is 7.78. The minimum Gasteiger partial charge on any atom is -0.349 e. The first kappa shape index (κ1) is 21.6. The highest BCUT2D eigenvalue weighted by Gasteiger charge is 2.34. The number of nitrogens with one attached hydrogen (secondary N) is 3. The average Bonchev–Trinajstić information content (AvgIpc) is 3.02. The first-order valence-corrected chi connectivity index (χ1v) is 11.1. The van der Waals surface area contributed by atoms with E-state index in [2.05, 4.69) is 15.4 Å². The van der Waals surface area contributed by atoms with Crippen LogP contribution in [0.1, 0.15) is 41.6 Å². The predicted octanol–water partition coefficient (Wildman–Crippen LogP) is 3.23. The van der Waals surface area contributed by atoms with Gasteiger partial charge in [-0.05, 0) is 62.9 Å². The Hall–Kier alpha value is -2.09. The molecule has 29 heavy (non-hydrogen) atoms. The van der Waals surface area contributed by atoms with Gasteiger partial charge in [-0.2, -0.15) is 0 Å². The summed E-state index contributed by atoms with van der Waals surface area (Å²) in [5, 5.41) is 6.63. The summed E-state index contributed by atoms with van der Waals surface area (Å²) in [5.74, 6) is -0.223. The van der Waals surface area contributed by atoms with Crippen molar-refractivity contribution < 1.29 is 13.2 Å². The summed E-state index contributed by atoms with van der Waals surface area (Å²) in [6.45, 7) is 1.94. The lowest BCUT2D eigenvalue weighted by Gasteiger charge is -2.29. The van der Waals surface area contributed by atoms with Gasteiger partial charge in [-0.15, -0.1) is 12.4 Å². The topological polar surface area (TPSA) is 87.3 Å². The van der Waals surface area contributed by atoms with Crippen molar-refractivity contribution in [1.29, 1.82) is 0 Å². The molecule has 0 spiro atoms. The number of halogens is 1. The fraction of sp³-hybridized carbons (Fsp3) is 0.381. The van der Waals surface area contributed by atoms with Crippen molar-refractivity contribution in [2.24, 2.45) is 0 Å². The van der Waals surface area contributed by atoms with E-state index in [1.165, 1.54) is 12.1 Å². The van der Waals surface area contributed by atoms with Crippen LogP contribution in [0.25, 0.3) is 0 Å². The molecule has 2 bridgehead atoms. The summed E-state index contributed by atoms with van der Waals surface area (Å²) >= 11 is 0. The van der Waals surface area contributed by atoms with Crippen molar-refractivity contribution >= 4 is 34.0 Å². The zero-order chi connectivity index (χ0) is 19.7. The molecule has 1 amide bonds. The number of piperidine rings is 1. The van der Waals surface area contributed by atoms with E-state index in [1.807, 2.05) is 19.1 Å². The third-order valence-corrected chi connectivity index (χ3v) is 6.90. The molecule has 2 aromatic rings. The number of carbonyl (C=O) groups is 1. The molecule has 2 aromatic carbocycles. The molecule has 0 aromatic heterocycles. The van der Waals surface area contributed by atoms with Crippen molar-refractivity contribution in [3.05, 3.63) is 59.7 Å². The second kappa shape index (κ2) is 8.73. The summed E-state index contributed by atoms with van der Waals surface area (Å²) in [4.78, 5) is 12.7. The summed E-state index contributed by atoms with van der Waals surface area (Å²) in [6, 6.07) is 14.4. The Labute approximate surface area is 177 Å². The van der Waals surface area contributed by atoms with E-state index in [0.717, 1.165) is 31.2 Å². The molecule has 2 aliphatic heterocycles. The molecule has 0 aliphatic carbocycles. The van der Waals surface area contributed by atoms with Crippen molar-refractivity contribution in [3.63, 3.8) is 0 Å². The number of amides is 1. The molecule has 2 atom stereocenters. The van der Waals surface area contributed by atoms with Gasteiger partial charge in [-0.3, -0.25) is 9.52 Å². The van der Waals surface area contributed by atoms with Crippen LogP contribution in [0.3, 0.4) is 0 Å². The van der Waals surface area contributed by atoms with E-state index >= 15 is 0 Å². The highest BCUT2D eigenvalue weighted by molar-refractivity contribution is 7.92. The van der Waals surface area contributed by atoms with Crippen LogP contribution < -0.4 is 15.4 Å². The normalized spacial score (nSPS) is 23.1. The number of rotatable bonds is 5. The lowest BCUT2D eigenvalue weighted by atomic mass is 9.99. The van der Waals surface area contributed by atoms with Gasteiger partial charge in [0.25, 0.3) is 15.9 Å². The number of hydrogen-bond donors (Lipinski definition) is 3. The maximum absolute atomic E-state index is 12.7. The predicted molar refractivity (Wildman–Crippen MR) is 116 cm³/mol. The van der Waals surface area contributed by atoms with E-state index < -0.39 is 10.0 Å². The SMILES string of the molecule is Cc1ccc(NS(=O)(=O)c2cccc(C(=O)NC3CC4CCC(C3)N4)c2)cc1.Cl. The van der Waals surface area contributed by atoms with Gasteiger partial charge in [-0.25, -0.2) is 8.42 Å². The molecule has 8 heteroatoms. The van der Waals surface area contributed by atoms with Crippen LogP contribution in [-0.4, -0.2) is 32.5 Å². The maximum Gasteiger partial charge on any atom is 0.261 e. The Balaban J connectivity index is 0.00000240. The molecule has 0 radical (unpaired) electrons. The molecule has 0 saturated carbocycles. The van der Waals surface area contributed by atoms with Gasteiger partial charge in [0.15, 0.2) is 0 Å². The highest BCUT2D eigenvalue weighted by atomic mass is 35.5. The molecule has 2 heterocycles. The minimum atomic E-state index is -3.76. The summed E-state index contributed by atoms with van der Waals surface area (Å²) in [5.41, 5.74) is 1.90. The number of hydrogen-bond acceptors (Lipinski definition) is 4. The Kier molecular flexibility index (Phi) is 6.51. The van der Waals surface area contributed by atoms with Crippen molar-refractivity contribution in [2.45, 2.75) is 55.6 Å². The van der Waals surface area contributed by atoms with Crippen LogP contribution in [0, 0.1) is 6.92 Å². The smallest absolute Gasteiger partial charge is 0.261 e. The van der Waals surface area contributed by atoms with Gasteiger partial charge in [0.2, 0.25) is 0 Å². The fourth-order valence-electron chi connectivity index (χ4n) is 4.08. The van der Waals surface area contributed by atoms with Gasteiger partial charge in [-0.1, -0.05) is 23.8 Å². The van der Waals surface area contributed by atoms with E-state index in [4.69, 9.17) is 0 Å². The Morgan fingerprint density at radius 1 is 1.03 bits per heavy atom. The van der Waals surface area contributed by atoms with Crippen LogP contribution in [0.5, 0.6) is 0 Å². The summed E-state index contributed by atoms with van der Waals surface area (Å²) < 4.78 is 28.0. The van der Waals surface area contributed by atoms with E-state index in [9.17, 15) is 13.2 Å². The van der Waals surface area contributed by atoms with Gasteiger partial charge in [0.05, 0.1) is 4.90 Å². The molecule has 4 rings (SSSR count). The third-order valence-electron chi connectivity index (χ3n) is 5.52. The largest absolute Gasteiger partial charge is 0.349 e. The Morgan fingerprint density at radius 2 is 1.69 bits per heavy atom. The molecular formula is C21H26ClN3O3S. The zero-order valence-corrected chi connectivity index (χ0v) is 17.9. The van der Waals surface area contributed by atoms with Crippen LogP contribution >= 0.6 is 12.4 Å². The highest BCUT2D eigenvalue weighted by Crippen LogP contribution is 2.27. The van der Waals surface area contributed by atoms with Crippen LogP contribution in [0.4, 0.5) is 5.69 Å². The molecule has 2 unspecified atom stereocenters. The third kappa shape index (κ3) is 5.10. The quantitative estimate of drug-likeness (QED) is 0.672. The van der Waals surface area contributed by atoms with Crippen LogP contribution in [0.2, 0.25) is 0 Å². The van der Waals surface area contributed by atoms with E-state index in [0.29, 0.717) is 23.3 Å². The Bertz CT molecular complexity index is 967.